The molecule has 0 amide bonds. The van der Waals surface area contributed by atoms with Crippen molar-refractivity contribution in [3.8, 4) is 0 Å². The summed E-state index contributed by atoms with van der Waals surface area (Å²) in [6, 6.07) is 4.47. The molecule has 82 valence electrons. The van der Waals surface area contributed by atoms with Crippen molar-refractivity contribution in [3.05, 3.63) is 23.9 Å². The lowest BCUT2D eigenvalue weighted by Gasteiger charge is -2.09. The molecule has 0 aliphatic carbocycles. The molecule has 1 aromatic rings. The molecule has 0 atom stereocenters. The van der Waals surface area contributed by atoms with Gasteiger partial charge in [0, 0.05) is 0 Å². The molecule has 1 rings (SSSR count). The van der Waals surface area contributed by atoms with Gasteiger partial charge in [-0.1, -0.05) is 18.3 Å². The zero-order valence-corrected chi connectivity index (χ0v) is 8.32. The molecule has 1 aromatic heterocycles. The minimum Gasteiger partial charge on any atom is -0.388 e. The number of anilines is 1. The van der Waals surface area contributed by atoms with Crippen LogP contribution in [0.4, 0.5) is 19.0 Å². The highest BCUT2D eigenvalue weighted by molar-refractivity contribution is 7.80. The minimum atomic E-state index is -4.28. The Labute approximate surface area is 89.5 Å². The highest BCUT2D eigenvalue weighted by atomic mass is 32.1. The molecule has 3 N–H and O–H groups in total. The number of alkyl halides is 3. The van der Waals surface area contributed by atoms with Gasteiger partial charge in [-0.05, 0) is 12.1 Å². The Morgan fingerprint density at radius 3 is 2.67 bits per heavy atom. The first-order valence-corrected chi connectivity index (χ1v) is 4.37. The number of hydrogen-bond donors (Lipinski definition) is 2. The van der Waals surface area contributed by atoms with E-state index in [9.17, 15) is 13.2 Å². The Hall–Kier alpha value is -1.37. The summed E-state index contributed by atoms with van der Waals surface area (Å²) in [5, 5.41) is 2.13. The molecule has 0 bridgehead atoms. The Bertz CT molecular complexity index is 364. The van der Waals surface area contributed by atoms with Crippen LogP contribution in [0.3, 0.4) is 0 Å². The summed E-state index contributed by atoms with van der Waals surface area (Å²) in [7, 11) is 0. The highest BCUT2D eigenvalue weighted by Crippen LogP contribution is 2.15. The van der Waals surface area contributed by atoms with Gasteiger partial charge in [0.15, 0.2) is 0 Å². The number of pyridine rings is 1. The number of halogens is 3. The fourth-order valence-corrected chi connectivity index (χ4v) is 0.975. The van der Waals surface area contributed by atoms with Gasteiger partial charge in [-0.3, -0.25) is 0 Å². The molecule has 7 heteroatoms. The predicted octanol–water partition coefficient (Wildman–Crippen LogP) is 1.69. The maximum Gasteiger partial charge on any atom is 0.405 e. The number of nitrogens with one attached hydrogen (secondary N) is 1. The molecule has 0 fully saturated rings. The van der Waals surface area contributed by atoms with E-state index in [1.165, 1.54) is 18.2 Å². The van der Waals surface area contributed by atoms with Crippen LogP contribution in [0.25, 0.3) is 0 Å². The van der Waals surface area contributed by atoms with E-state index in [2.05, 4.69) is 22.5 Å². The molecular weight excluding hydrogens is 227 g/mol. The summed E-state index contributed by atoms with van der Waals surface area (Å²) in [4.78, 5) is 3.84. The van der Waals surface area contributed by atoms with E-state index in [1.807, 2.05) is 0 Å². The van der Waals surface area contributed by atoms with Crippen molar-refractivity contribution >= 4 is 23.0 Å². The molecule has 0 radical (unpaired) electrons. The molecule has 0 aliphatic heterocycles. The lowest BCUT2D eigenvalue weighted by molar-refractivity contribution is -0.115. The Morgan fingerprint density at radius 2 is 2.13 bits per heavy atom. The Morgan fingerprint density at radius 1 is 1.47 bits per heavy atom. The average Bonchev–Trinajstić information content (AvgIpc) is 2.14. The van der Waals surface area contributed by atoms with Gasteiger partial charge in [0.2, 0.25) is 0 Å². The molecular formula is C8H8F3N3S. The smallest absolute Gasteiger partial charge is 0.388 e. The summed E-state index contributed by atoms with van der Waals surface area (Å²) in [5.41, 5.74) is 5.57. The second-order valence-electron chi connectivity index (χ2n) is 2.74. The summed E-state index contributed by atoms with van der Waals surface area (Å²) >= 11 is 4.64. The molecule has 0 spiro atoms. The van der Waals surface area contributed by atoms with Crippen LogP contribution >= 0.6 is 12.2 Å². The van der Waals surface area contributed by atoms with Crippen molar-refractivity contribution < 1.29 is 13.2 Å². The number of nitrogens with zero attached hydrogens (tertiary/aromatic N) is 1. The fraction of sp³-hybridized carbons (Fsp3) is 0.250. The van der Waals surface area contributed by atoms with Gasteiger partial charge in [0.25, 0.3) is 0 Å². The van der Waals surface area contributed by atoms with E-state index in [4.69, 9.17) is 5.73 Å². The van der Waals surface area contributed by atoms with Crippen LogP contribution in [0.2, 0.25) is 0 Å². The molecule has 0 unspecified atom stereocenters. The fourth-order valence-electron chi connectivity index (χ4n) is 0.861. The van der Waals surface area contributed by atoms with Crippen LogP contribution in [-0.2, 0) is 0 Å². The van der Waals surface area contributed by atoms with Gasteiger partial charge in [-0.25, -0.2) is 4.98 Å². The average molecular weight is 235 g/mol. The number of rotatable bonds is 3. The van der Waals surface area contributed by atoms with Gasteiger partial charge in [0.1, 0.15) is 17.4 Å². The molecule has 3 nitrogen and oxygen atoms in total. The molecule has 0 saturated heterocycles. The van der Waals surface area contributed by atoms with E-state index in [-0.39, 0.29) is 16.5 Å². The van der Waals surface area contributed by atoms with Gasteiger partial charge in [-0.2, -0.15) is 13.2 Å². The monoisotopic (exact) mass is 235 g/mol. The van der Waals surface area contributed by atoms with Crippen LogP contribution in [0.5, 0.6) is 0 Å². The van der Waals surface area contributed by atoms with Crippen molar-refractivity contribution in [3.63, 3.8) is 0 Å². The molecule has 0 aliphatic rings. The topological polar surface area (TPSA) is 50.9 Å². The third kappa shape index (κ3) is 4.11. The SMILES string of the molecule is NC(=S)c1cccc(NCC(F)(F)F)n1. The maximum atomic E-state index is 11.9. The first-order valence-electron chi connectivity index (χ1n) is 3.96. The zero-order chi connectivity index (χ0) is 11.5. The summed E-state index contributed by atoms with van der Waals surface area (Å²) < 4.78 is 35.6. The van der Waals surface area contributed by atoms with Crippen molar-refractivity contribution in [2.24, 2.45) is 5.73 Å². The molecule has 1 heterocycles. The zero-order valence-electron chi connectivity index (χ0n) is 7.51. The first-order chi connectivity index (χ1) is 6.88. The standard InChI is InChI=1S/C8H8F3N3S/c9-8(10,11)4-13-6-3-1-2-5(14-6)7(12)15/h1-3H,4H2,(H2,12,15)(H,13,14). The lowest BCUT2D eigenvalue weighted by atomic mass is 10.3. The minimum absolute atomic E-state index is 0.0469. The highest BCUT2D eigenvalue weighted by Gasteiger charge is 2.26. The lowest BCUT2D eigenvalue weighted by Crippen LogP contribution is -2.22. The molecule has 0 saturated carbocycles. The normalized spacial score (nSPS) is 11.1. The number of nitrogens with two attached hydrogens (primary N) is 1. The van der Waals surface area contributed by atoms with Crippen molar-refractivity contribution in [1.29, 1.82) is 0 Å². The maximum absolute atomic E-state index is 11.9. The van der Waals surface area contributed by atoms with Crippen LogP contribution in [-0.4, -0.2) is 22.7 Å². The summed E-state index contributed by atoms with van der Waals surface area (Å²) in [5.74, 6) is 0.0950. The van der Waals surface area contributed by atoms with Crippen LogP contribution in [0, 0.1) is 0 Å². The number of hydrogen-bond acceptors (Lipinski definition) is 3. The molecule has 0 aromatic carbocycles. The predicted molar refractivity (Wildman–Crippen MR) is 54.7 cm³/mol. The third-order valence-corrected chi connectivity index (χ3v) is 1.68. The second-order valence-corrected chi connectivity index (χ2v) is 3.18. The van der Waals surface area contributed by atoms with Gasteiger partial charge < -0.3 is 11.1 Å². The van der Waals surface area contributed by atoms with E-state index in [0.29, 0.717) is 0 Å². The third-order valence-electron chi connectivity index (χ3n) is 1.47. The van der Waals surface area contributed by atoms with Crippen LogP contribution in [0.15, 0.2) is 18.2 Å². The van der Waals surface area contributed by atoms with Gasteiger partial charge in [-0.15, -0.1) is 0 Å². The largest absolute Gasteiger partial charge is 0.405 e. The van der Waals surface area contributed by atoms with E-state index in [1.54, 1.807) is 0 Å². The van der Waals surface area contributed by atoms with Gasteiger partial charge in [0.05, 0.1) is 5.69 Å². The quantitative estimate of drug-likeness (QED) is 0.783. The van der Waals surface area contributed by atoms with Crippen molar-refractivity contribution in [2.45, 2.75) is 6.18 Å². The number of aromatic nitrogens is 1. The van der Waals surface area contributed by atoms with Crippen LogP contribution in [0.1, 0.15) is 5.69 Å². The summed E-state index contributed by atoms with van der Waals surface area (Å²) in [6.45, 7) is -1.14. The van der Waals surface area contributed by atoms with Gasteiger partial charge >= 0.3 is 6.18 Å². The second kappa shape index (κ2) is 4.43. The number of thiocarbonyl (C=S) groups is 1. The van der Waals surface area contributed by atoms with E-state index >= 15 is 0 Å². The van der Waals surface area contributed by atoms with Crippen molar-refractivity contribution in [1.82, 2.24) is 4.98 Å². The Kier molecular flexibility index (Phi) is 3.46. The van der Waals surface area contributed by atoms with Crippen LogP contribution < -0.4 is 11.1 Å². The van der Waals surface area contributed by atoms with E-state index in [0.717, 1.165) is 0 Å². The Balaban J connectivity index is 2.70. The molecule has 15 heavy (non-hydrogen) atoms. The summed E-state index contributed by atoms with van der Waals surface area (Å²) in [6.07, 6.45) is -4.28. The first kappa shape index (κ1) is 11.7. The van der Waals surface area contributed by atoms with Crippen molar-refractivity contribution in [2.75, 3.05) is 11.9 Å². The van der Waals surface area contributed by atoms with E-state index < -0.39 is 12.7 Å².